The molecule has 0 heterocycles. The first-order chi connectivity index (χ1) is 9.20. The van der Waals surface area contributed by atoms with Crippen LogP contribution in [0.15, 0.2) is 35.5 Å². The van der Waals surface area contributed by atoms with Gasteiger partial charge in [0.15, 0.2) is 0 Å². The van der Waals surface area contributed by atoms with Crippen LogP contribution in [0.5, 0.6) is 0 Å². The third-order valence-corrected chi connectivity index (χ3v) is 3.98. The first kappa shape index (κ1) is 13.9. The second-order valence-electron chi connectivity index (χ2n) is 5.51. The molecule has 0 saturated heterocycles. The van der Waals surface area contributed by atoms with Crippen molar-refractivity contribution in [3.05, 3.63) is 35.9 Å². The summed E-state index contributed by atoms with van der Waals surface area (Å²) in [4.78, 5) is 0. The Balaban J connectivity index is 1.99. The Labute approximate surface area is 114 Å². The summed E-state index contributed by atoms with van der Waals surface area (Å²) in [6.07, 6.45) is 3.73. The van der Waals surface area contributed by atoms with Crippen LogP contribution in [0.4, 0.5) is 0 Å². The molecule has 0 bridgehead atoms. The van der Waals surface area contributed by atoms with Gasteiger partial charge >= 0.3 is 0 Å². The number of rotatable bonds is 5. The smallest absolute Gasteiger partial charge is 0.147 e. The molecule has 1 aromatic rings. The van der Waals surface area contributed by atoms with Crippen molar-refractivity contribution in [2.75, 3.05) is 6.54 Å². The lowest BCUT2D eigenvalue weighted by Gasteiger charge is -2.20. The van der Waals surface area contributed by atoms with E-state index < -0.39 is 0 Å². The largest absolute Gasteiger partial charge is 0.409 e. The molecule has 4 nitrogen and oxygen atoms in total. The van der Waals surface area contributed by atoms with Gasteiger partial charge < -0.3 is 16.3 Å². The van der Waals surface area contributed by atoms with Crippen molar-refractivity contribution in [3.63, 3.8) is 0 Å². The predicted octanol–water partition coefficient (Wildman–Crippen LogP) is 2.29. The fourth-order valence-corrected chi connectivity index (χ4v) is 2.83. The molecule has 0 amide bonds. The lowest BCUT2D eigenvalue weighted by atomic mass is 9.97. The van der Waals surface area contributed by atoms with Crippen molar-refractivity contribution in [1.29, 1.82) is 0 Å². The molecule has 0 spiro atoms. The van der Waals surface area contributed by atoms with Crippen molar-refractivity contribution >= 4 is 5.84 Å². The third kappa shape index (κ3) is 3.70. The second kappa shape index (κ2) is 6.57. The highest BCUT2D eigenvalue weighted by Crippen LogP contribution is 2.25. The molecule has 104 valence electrons. The molecule has 3 atom stereocenters. The van der Waals surface area contributed by atoms with E-state index in [9.17, 15) is 0 Å². The van der Waals surface area contributed by atoms with Crippen LogP contribution in [0.3, 0.4) is 0 Å². The highest BCUT2D eigenvalue weighted by molar-refractivity contribution is 5.87. The quantitative estimate of drug-likeness (QED) is 0.329. The predicted molar refractivity (Wildman–Crippen MR) is 77.4 cm³/mol. The monoisotopic (exact) mass is 261 g/mol. The molecule has 1 saturated carbocycles. The van der Waals surface area contributed by atoms with Gasteiger partial charge in [-0.05, 0) is 30.7 Å². The minimum atomic E-state index is -0.0675. The van der Waals surface area contributed by atoms with Gasteiger partial charge in [0.2, 0.25) is 0 Å². The average molecular weight is 261 g/mol. The SMILES string of the molecule is CC1CCC(NCC(/C(N)=N/O)c2ccccc2)C1. The number of nitrogens with one attached hydrogen (secondary N) is 1. The molecule has 1 aliphatic rings. The number of benzene rings is 1. The van der Waals surface area contributed by atoms with Crippen molar-refractivity contribution < 1.29 is 5.21 Å². The molecular weight excluding hydrogens is 238 g/mol. The van der Waals surface area contributed by atoms with Gasteiger partial charge in [-0.15, -0.1) is 0 Å². The van der Waals surface area contributed by atoms with Crippen molar-refractivity contribution in [1.82, 2.24) is 5.32 Å². The zero-order valence-corrected chi connectivity index (χ0v) is 11.4. The van der Waals surface area contributed by atoms with Gasteiger partial charge in [0.05, 0.1) is 5.92 Å². The molecule has 1 aromatic carbocycles. The van der Waals surface area contributed by atoms with E-state index in [1.165, 1.54) is 19.3 Å². The van der Waals surface area contributed by atoms with Crippen LogP contribution < -0.4 is 11.1 Å². The van der Waals surface area contributed by atoms with Gasteiger partial charge in [-0.1, -0.05) is 42.4 Å². The summed E-state index contributed by atoms with van der Waals surface area (Å²) in [6.45, 7) is 3.01. The first-order valence-electron chi connectivity index (χ1n) is 6.96. The molecule has 4 heteroatoms. The Morgan fingerprint density at radius 2 is 2.16 bits per heavy atom. The minimum absolute atomic E-state index is 0.0675. The van der Waals surface area contributed by atoms with Crippen LogP contribution in [0.25, 0.3) is 0 Å². The maximum absolute atomic E-state index is 8.94. The molecule has 1 fully saturated rings. The standard InChI is InChI=1S/C15H23N3O/c1-11-7-8-13(9-11)17-10-14(15(16)18-19)12-5-3-2-4-6-12/h2-6,11,13-14,17,19H,7-10H2,1H3,(H2,16,18). The second-order valence-corrected chi connectivity index (χ2v) is 5.51. The molecule has 3 unspecified atom stereocenters. The lowest BCUT2D eigenvalue weighted by molar-refractivity contribution is 0.315. The topological polar surface area (TPSA) is 70.6 Å². The fourth-order valence-electron chi connectivity index (χ4n) is 2.83. The molecule has 4 N–H and O–H groups in total. The fraction of sp³-hybridized carbons (Fsp3) is 0.533. The molecular formula is C15H23N3O. The Kier molecular flexibility index (Phi) is 4.80. The van der Waals surface area contributed by atoms with Crippen LogP contribution >= 0.6 is 0 Å². The summed E-state index contributed by atoms with van der Waals surface area (Å²) >= 11 is 0. The summed E-state index contributed by atoms with van der Waals surface area (Å²) in [5.74, 6) is 1.00. The molecule has 1 aliphatic carbocycles. The normalized spacial score (nSPS) is 25.4. The Morgan fingerprint density at radius 1 is 1.42 bits per heavy atom. The van der Waals surface area contributed by atoms with Crippen molar-refractivity contribution in [3.8, 4) is 0 Å². The third-order valence-electron chi connectivity index (χ3n) is 3.98. The number of nitrogens with zero attached hydrogens (tertiary/aromatic N) is 1. The van der Waals surface area contributed by atoms with Gasteiger partial charge in [-0.2, -0.15) is 0 Å². The average Bonchev–Trinajstić information content (AvgIpc) is 2.85. The highest BCUT2D eigenvalue weighted by Gasteiger charge is 2.23. The minimum Gasteiger partial charge on any atom is -0.409 e. The van der Waals surface area contributed by atoms with E-state index in [-0.39, 0.29) is 11.8 Å². The molecule has 2 rings (SSSR count). The Bertz CT molecular complexity index is 419. The van der Waals surface area contributed by atoms with E-state index in [4.69, 9.17) is 10.9 Å². The van der Waals surface area contributed by atoms with Gasteiger partial charge in [-0.3, -0.25) is 0 Å². The first-order valence-corrected chi connectivity index (χ1v) is 6.96. The van der Waals surface area contributed by atoms with Gasteiger partial charge in [0.1, 0.15) is 5.84 Å². The zero-order valence-electron chi connectivity index (χ0n) is 11.4. The number of hydrogen-bond donors (Lipinski definition) is 3. The highest BCUT2D eigenvalue weighted by atomic mass is 16.4. The van der Waals surface area contributed by atoms with Crippen LogP contribution in [0, 0.1) is 5.92 Å². The summed E-state index contributed by atoms with van der Waals surface area (Å²) < 4.78 is 0. The maximum atomic E-state index is 8.94. The number of oxime groups is 1. The Morgan fingerprint density at radius 3 is 2.74 bits per heavy atom. The Hall–Kier alpha value is -1.55. The summed E-state index contributed by atoms with van der Waals surface area (Å²) in [5, 5.41) is 15.7. The van der Waals surface area contributed by atoms with Gasteiger partial charge in [0.25, 0.3) is 0 Å². The molecule has 0 aromatic heterocycles. The molecule has 19 heavy (non-hydrogen) atoms. The van der Waals surface area contributed by atoms with Crippen LogP contribution in [-0.4, -0.2) is 23.6 Å². The maximum Gasteiger partial charge on any atom is 0.147 e. The number of nitrogens with two attached hydrogens (primary N) is 1. The van der Waals surface area contributed by atoms with Crippen LogP contribution in [-0.2, 0) is 0 Å². The lowest BCUT2D eigenvalue weighted by Crippen LogP contribution is -2.36. The van der Waals surface area contributed by atoms with E-state index in [1.807, 2.05) is 30.3 Å². The number of amidine groups is 1. The van der Waals surface area contributed by atoms with Crippen LogP contribution in [0.2, 0.25) is 0 Å². The molecule has 0 radical (unpaired) electrons. The zero-order chi connectivity index (χ0) is 13.7. The summed E-state index contributed by atoms with van der Waals surface area (Å²) in [6, 6.07) is 10.5. The van der Waals surface area contributed by atoms with Crippen molar-refractivity contribution in [2.24, 2.45) is 16.8 Å². The van der Waals surface area contributed by atoms with Crippen molar-refractivity contribution in [2.45, 2.75) is 38.1 Å². The van der Waals surface area contributed by atoms with E-state index in [0.29, 0.717) is 6.04 Å². The van der Waals surface area contributed by atoms with Crippen LogP contribution in [0.1, 0.15) is 37.7 Å². The van der Waals surface area contributed by atoms with E-state index in [0.717, 1.165) is 18.0 Å². The number of hydrogen-bond acceptors (Lipinski definition) is 3. The van der Waals surface area contributed by atoms with E-state index in [2.05, 4.69) is 17.4 Å². The van der Waals surface area contributed by atoms with Gasteiger partial charge in [0, 0.05) is 12.6 Å². The van der Waals surface area contributed by atoms with E-state index in [1.54, 1.807) is 0 Å². The molecule has 0 aliphatic heterocycles. The van der Waals surface area contributed by atoms with E-state index >= 15 is 0 Å². The summed E-state index contributed by atoms with van der Waals surface area (Å²) in [5.41, 5.74) is 6.90. The van der Waals surface area contributed by atoms with Gasteiger partial charge in [-0.25, -0.2) is 0 Å². The summed E-state index contributed by atoms with van der Waals surface area (Å²) in [7, 11) is 0.